The highest BCUT2D eigenvalue weighted by Gasteiger charge is 2.22. The number of pyridine rings is 3. The minimum Gasteiger partial charge on any atom is -0.322 e. The van der Waals surface area contributed by atoms with E-state index in [0.29, 0.717) is 62.6 Å². The summed E-state index contributed by atoms with van der Waals surface area (Å²) in [6, 6.07) is 19.3. The summed E-state index contributed by atoms with van der Waals surface area (Å²) in [5, 5.41) is 1.62. The molecule has 2 aliphatic rings. The third-order valence-electron chi connectivity index (χ3n) is 7.01. The van der Waals surface area contributed by atoms with Crippen LogP contribution in [0, 0.1) is 0 Å². The molecule has 0 fully saturated rings. The predicted molar refractivity (Wildman–Crippen MR) is 149 cm³/mol. The summed E-state index contributed by atoms with van der Waals surface area (Å²) >= 11 is 0. The molecule has 1 aromatic carbocycles. The van der Waals surface area contributed by atoms with Crippen molar-refractivity contribution in [2.75, 3.05) is 0 Å². The first-order valence-electron chi connectivity index (χ1n) is 12.6. The van der Waals surface area contributed by atoms with E-state index < -0.39 is 0 Å². The Bertz CT molecular complexity index is 2030. The zero-order valence-electron chi connectivity index (χ0n) is 20.5. The number of nitrogens with zero attached hydrogens (tertiary/aromatic N) is 9. The molecule has 0 atom stereocenters. The van der Waals surface area contributed by atoms with Crippen LogP contribution in [0.25, 0.3) is 90.1 Å². The first-order valence-corrected chi connectivity index (χ1v) is 12.6. The lowest BCUT2D eigenvalue weighted by molar-refractivity contribution is 1.18. The van der Waals surface area contributed by atoms with Crippen LogP contribution in [-0.4, -0.2) is 54.8 Å². The summed E-state index contributed by atoms with van der Waals surface area (Å²) in [5.41, 5.74) is 6.76. The zero-order valence-corrected chi connectivity index (χ0v) is 20.5. The van der Waals surface area contributed by atoms with E-state index in [1.165, 1.54) is 0 Å². The monoisotopic (exact) mass is 517 g/mol. The standard InChI is InChI=1S/C29H15N11/c1-2-7-15-14(6-1)22-33-23(15)35-27-20-17(9-4-12-31-20)25(37-27)39-29-21-18(10-5-13-32-21)26(40-29)38-28-19-16(8-3-11-30-19)24(34-22)36-28/h1-13H,(H2,33,34,35,36,37,38,39,40). The Hall–Kier alpha value is -5.97. The van der Waals surface area contributed by atoms with Gasteiger partial charge in [0, 0.05) is 46.1 Å². The average molecular weight is 518 g/mol. The molecule has 0 saturated heterocycles. The number of aromatic amines is 2. The number of rotatable bonds is 0. The van der Waals surface area contributed by atoms with Crippen molar-refractivity contribution in [1.82, 2.24) is 54.8 Å². The Balaban J connectivity index is 1.51. The van der Waals surface area contributed by atoms with Gasteiger partial charge in [-0.05, 0) is 36.4 Å². The van der Waals surface area contributed by atoms with Crippen LogP contribution in [0.15, 0.2) is 79.3 Å². The topological polar surface area (TPSA) is 148 Å². The van der Waals surface area contributed by atoms with Gasteiger partial charge in [0.1, 0.15) is 28.0 Å². The molecule has 8 bridgehead atoms. The number of benzene rings is 1. The van der Waals surface area contributed by atoms with Crippen LogP contribution in [0.1, 0.15) is 0 Å². The fraction of sp³-hybridized carbons (Fsp3) is 0. The number of fused-ring (bicyclic) bond motifs is 20. The second-order valence-corrected chi connectivity index (χ2v) is 9.35. The molecule has 2 N–H and O–H groups in total. The van der Waals surface area contributed by atoms with Crippen molar-refractivity contribution in [2.45, 2.75) is 0 Å². The van der Waals surface area contributed by atoms with Crippen LogP contribution in [0.2, 0.25) is 0 Å². The molecule has 186 valence electrons. The molecule has 40 heavy (non-hydrogen) atoms. The minimum atomic E-state index is 0.438. The lowest BCUT2D eigenvalue weighted by Crippen LogP contribution is -1.85. The van der Waals surface area contributed by atoms with Gasteiger partial charge in [-0.3, -0.25) is 15.0 Å². The van der Waals surface area contributed by atoms with E-state index in [2.05, 4.69) is 24.9 Å². The first kappa shape index (κ1) is 21.0. The maximum absolute atomic E-state index is 4.95. The molecule has 0 aliphatic carbocycles. The molecule has 0 unspecified atom stereocenters. The molecule has 11 nitrogen and oxygen atoms in total. The Morgan fingerprint density at radius 2 is 0.875 bits per heavy atom. The smallest absolute Gasteiger partial charge is 0.183 e. The Morgan fingerprint density at radius 3 is 1.52 bits per heavy atom. The highest BCUT2D eigenvalue weighted by Crippen LogP contribution is 2.35. The van der Waals surface area contributed by atoms with E-state index in [-0.39, 0.29) is 0 Å². The van der Waals surface area contributed by atoms with Gasteiger partial charge in [0.2, 0.25) is 0 Å². The fourth-order valence-electron chi connectivity index (χ4n) is 5.21. The molecule has 9 rings (SSSR count). The van der Waals surface area contributed by atoms with Gasteiger partial charge in [-0.15, -0.1) is 0 Å². The Labute approximate surface area is 224 Å². The molecule has 8 heterocycles. The van der Waals surface area contributed by atoms with Crippen molar-refractivity contribution >= 4 is 44.4 Å². The summed E-state index contributed by atoms with van der Waals surface area (Å²) in [6.07, 6.45) is 5.18. The average Bonchev–Trinajstić information content (AvgIpc) is 3.73. The molecule has 0 radical (unpaired) electrons. The van der Waals surface area contributed by atoms with Crippen molar-refractivity contribution in [3.63, 3.8) is 0 Å². The van der Waals surface area contributed by atoms with E-state index in [1.807, 2.05) is 60.7 Å². The van der Waals surface area contributed by atoms with E-state index >= 15 is 0 Å². The second-order valence-electron chi connectivity index (χ2n) is 9.35. The van der Waals surface area contributed by atoms with Gasteiger partial charge in [0.15, 0.2) is 34.6 Å². The van der Waals surface area contributed by atoms with E-state index in [4.69, 9.17) is 29.9 Å². The van der Waals surface area contributed by atoms with E-state index in [1.54, 1.807) is 18.6 Å². The molecular formula is C29H15N11. The van der Waals surface area contributed by atoms with Crippen LogP contribution in [0.3, 0.4) is 0 Å². The van der Waals surface area contributed by atoms with Gasteiger partial charge in [-0.2, -0.15) is 0 Å². The summed E-state index contributed by atoms with van der Waals surface area (Å²) in [5.74, 6) is 1.99. The first-order chi connectivity index (χ1) is 19.8. The summed E-state index contributed by atoms with van der Waals surface area (Å²) < 4.78 is 0. The summed E-state index contributed by atoms with van der Waals surface area (Å²) in [6.45, 7) is 0. The molecule has 7 aromatic rings. The number of aromatic nitrogens is 11. The van der Waals surface area contributed by atoms with Gasteiger partial charge >= 0.3 is 0 Å². The fourth-order valence-corrected chi connectivity index (χ4v) is 5.21. The van der Waals surface area contributed by atoms with Crippen molar-refractivity contribution in [3.05, 3.63) is 79.3 Å². The summed E-state index contributed by atoms with van der Waals surface area (Å²) in [7, 11) is 0. The quantitative estimate of drug-likeness (QED) is 0.282. The van der Waals surface area contributed by atoms with Gasteiger partial charge < -0.3 is 9.97 Å². The number of hydrogen-bond acceptors (Lipinski definition) is 9. The molecule has 0 saturated carbocycles. The molecule has 2 aliphatic heterocycles. The van der Waals surface area contributed by atoms with E-state index in [9.17, 15) is 0 Å². The Morgan fingerprint density at radius 1 is 0.400 bits per heavy atom. The van der Waals surface area contributed by atoms with Gasteiger partial charge in [-0.1, -0.05) is 24.3 Å². The minimum absolute atomic E-state index is 0.438. The second kappa shape index (κ2) is 7.77. The number of nitrogens with one attached hydrogen (secondary N) is 2. The Kier molecular flexibility index (Phi) is 4.08. The van der Waals surface area contributed by atoms with Crippen LogP contribution >= 0.6 is 0 Å². The number of hydrogen-bond donors (Lipinski definition) is 2. The van der Waals surface area contributed by atoms with Gasteiger partial charge in [-0.25, -0.2) is 29.9 Å². The van der Waals surface area contributed by atoms with Gasteiger partial charge in [0.25, 0.3) is 0 Å². The molecular weight excluding hydrogens is 502 g/mol. The molecule has 0 spiro atoms. The predicted octanol–water partition coefficient (Wildman–Crippen LogP) is 5.05. The van der Waals surface area contributed by atoms with Crippen molar-refractivity contribution in [1.29, 1.82) is 0 Å². The van der Waals surface area contributed by atoms with Crippen LogP contribution in [0.5, 0.6) is 0 Å². The molecule has 6 aromatic heterocycles. The molecule has 0 amide bonds. The van der Waals surface area contributed by atoms with Crippen molar-refractivity contribution in [2.24, 2.45) is 0 Å². The number of H-pyrrole nitrogens is 2. The third-order valence-corrected chi connectivity index (χ3v) is 7.01. The summed E-state index contributed by atoms with van der Waals surface area (Å²) in [4.78, 5) is 49.8. The largest absolute Gasteiger partial charge is 0.322 e. The SMILES string of the molecule is c1ccc2c(c1)-c1nc-2nc2[nH]c(nc3nc(nc4[nH]c(n1)c1cccnc41)-c1cccnc1-3)c1cccnc21. The third kappa shape index (κ3) is 2.96. The van der Waals surface area contributed by atoms with Crippen molar-refractivity contribution in [3.8, 4) is 45.7 Å². The van der Waals surface area contributed by atoms with Crippen LogP contribution in [-0.2, 0) is 0 Å². The lowest BCUT2D eigenvalue weighted by Gasteiger charge is -1.96. The maximum atomic E-state index is 4.95. The van der Waals surface area contributed by atoms with Crippen LogP contribution in [0.4, 0.5) is 0 Å². The van der Waals surface area contributed by atoms with Gasteiger partial charge in [0.05, 0.1) is 0 Å². The van der Waals surface area contributed by atoms with E-state index in [0.717, 1.165) is 27.5 Å². The maximum Gasteiger partial charge on any atom is 0.183 e. The highest BCUT2D eigenvalue weighted by molar-refractivity contribution is 6.03. The normalized spacial score (nSPS) is 12.0. The lowest BCUT2D eigenvalue weighted by atomic mass is 10.1. The van der Waals surface area contributed by atoms with Crippen molar-refractivity contribution < 1.29 is 0 Å². The van der Waals surface area contributed by atoms with Crippen LogP contribution < -0.4 is 0 Å². The highest BCUT2D eigenvalue weighted by atomic mass is 15.1. The zero-order chi connectivity index (χ0) is 26.2. The molecule has 11 heteroatoms.